The molecule has 0 saturated carbocycles. The summed E-state index contributed by atoms with van der Waals surface area (Å²) < 4.78 is 0. The largest absolute Gasteiger partial charge is 0.478 e. The summed E-state index contributed by atoms with van der Waals surface area (Å²) >= 11 is 0. The van der Waals surface area contributed by atoms with Gasteiger partial charge in [0.05, 0.1) is 0 Å². The Morgan fingerprint density at radius 2 is 1.54 bits per heavy atom. The van der Waals surface area contributed by atoms with E-state index in [1.807, 2.05) is 0 Å². The minimum absolute atomic E-state index is 0.558. The van der Waals surface area contributed by atoms with Crippen LogP contribution in [0.4, 0.5) is 0 Å². The summed E-state index contributed by atoms with van der Waals surface area (Å²) in [5, 5.41) is 18.4. The van der Waals surface area contributed by atoms with E-state index in [1.165, 1.54) is 43.2 Å². The molecule has 2 aromatic carbocycles. The van der Waals surface area contributed by atoms with Crippen LogP contribution < -0.4 is 0 Å². The smallest absolute Gasteiger partial charge is 0.328 e. The summed E-state index contributed by atoms with van der Waals surface area (Å²) in [6.07, 6.45) is 3.92. The standard InChI is InChI=1S/C17H19N.C4H4O4/c1-2-4-15-11-16(6-5-13(15)3-1)17-12-18-9-7-14(17)8-10-18;5-3(6)1-2-4(7)8/h1-6,11,14,17H,7-10,12H2;1-2H,(H,5,6)(H,7,8)/b;2-1+. The molecule has 1 atom stereocenters. The average molecular weight is 353 g/mol. The van der Waals surface area contributed by atoms with Crippen LogP contribution in [0.25, 0.3) is 10.8 Å². The first-order chi connectivity index (χ1) is 12.5. The number of benzene rings is 2. The molecule has 5 heteroatoms. The van der Waals surface area contributed by atoms with Gasteiger partial charge in [-0.1, -0.05) is 42.5 Å². The van der Waals surface area contributed by atoms with E-state index in [2.05, 4.69) is 47.4 Å². The fourth-order valence-corrected chi connectivity index (χ4v) is 3.92. The molecule has 1 unspecified atom stereocenters. The molecule has 3 aliphatic heterocycles. The zero-order chi connectivity index (χ0) is 18.5. The Bertz CT molecular complexity index is 806. The van der Waals surface area contributed by atoms with Crippen molar-refractivity contribution in [2.75, 3.05) is 19.6 Å². The predicted molar refractivity (Wildman–Crippen MR) is 100 cm³/mol. The van der Waals surface area contributed by atoms with Crippen LogP contribution in [-0.4, -0.2) is 46.7 Å². The number of carbonyl (C=O) groups is 2. The summed E-state index contributed by atoms with van der Waals surface area (Å²) in [4.78, 5) is 21.7. The molecule has 26 heavy (non-hydrogen) atoms. The third-order valence-corrected chi connectivity index (χ3v) is 5.23. The Morgan fingerprint density at radius 1 is 0.923 bits per heavy atom. The first-order valence-corrected chi connectivity index (χ1v) is 8.88. The third kappa shape index (κ3) is 4.49. The molecule has 5 rings (SSSR count). The van der Waals surface area contributed by atoms with E-state index in [0.29, 0.717) is 12.2 Å². The van der Waals surface area contributed by atoms with E-state index in [1.54, 1.807) is 5.56 Å². The number of carboxylic acid groups (broad SMARTS) is 2. The molecule has 2 bridgehead atoms. The van der Waals surface area contributed by atoms with Crippen molar-refractivity contribution in [3.05, 3.63) is 60.2 Å². The maximum Gasteiger partial charge on any atom is 0.328 e. The SMILES string of the molecule is O=C(O)/C=C/C(=O)O.c1ccc2cc(C3CN4CCC3CC4)ccc2c1. The van der Waals surface area contributed by atoms with Crippen LogP contribution in [-0.2, 0) is 9.59 Å². The lowest BCUT2D eigenvalue weighted by Crippen LogP contribution is -2.46. The van der Waals surface area contributed by atoms with Gasteiger partial charge in [0, 0.05) is 18.7 Å². The number of aliphatic carboxylic acids is 2. The van der Waals surface area contributed by atoms with Crippen LogP contribution in [0.5, 0.6) is 0 Å². The monoisotopic (exact) mass is 353 g/mol. The summed E-state index contributed by atoms with van der Waals surface area (Å²) in [5.74, 6) is -0.812. The number of carboxylic acids is 2. The topological polar surface area (TPSA) is 77.8 Å². The molecule has 2 aromatic rings. The van der Waals surface area contributed by atoms with E-state index in [4.69, 9.17) is 10.2 Å². The minimum atomic E-state index is -1.26. The van der Waals surface area contributed by atoms with Crippen molar-refractivity contribution < 1.29 is 19.8 Å². The molecular weight excluding hydrogens is 330 g/mol. The van der Waals surface area contributed by atoms with E-state index >= 15 is 0 Å². The lowest BCUT2D eigenvalue weighted by molar-refractivity contribution is -0.134. The highest BCUT2D eigenvalue weighted by atomic mass is 16.4. The molecule has 0 aromatic heterocycles. The Labute approximate surface area is 152 Å². The predicted octanol–water partition coefficient (Wildman–Crippen LogP) is 3.36. The summed E-state index contributed by atoms with van der Waals surface area (Å²) in [6.45, 7) is 3.94. The normalized spacial score (nSPS) is 24.2. The van der Waals surface area contributed by atoms with Gasteiger partial charge < -0.3 is 15.1 Å². The van der Waals surface area contributed by atoms with Crippen LogP contribution >= 0.6 is 0 Å². The summed E-state index contributed by atoms with van der Waals surface area (Å²) in [6, 6.07) is 15.8. The number of fused-ring (bicyclic) bond motifs is 4. The molecule has 136 valence electrons. The van der Waals surface area contributed by atoms with Crippen LogP contribution in [0.1, 0.15) is 24.3 Å². The van der Waals surface area contributed by atoms with Crippen molar-refractivity contribution in [1.82, 2.24) is 4.90 Å². The summed E-state index contributed by atoms with van der Waals surface area (Å²) in [5.41, 5.74) is 1.56. The Hall–Kier alpha value is -2.66. The molecule has 0 aliphatic carbocycles. The van der Waals surface area contributed by atoms with Crippen molar-refractivity contribution in [1.29, 1.82) is 0 Å². The highest BCUT2D eigenvalue weighted by Crippen LogP contribution is 2.39. The third-order valence-electron chi connectivity index (χ3n) is 5.23. The molecule has 5 nitrogen and oxygen atoms in total. The maximum absolute atomic E-state index is 9.55. The van der Waals surface area contributed by atoms with E-state index in [9.17, 15) is 9.59 Å². The average Bonchev–Trinajstić information content (AvgIpc) is 2.67. The Morgan fingerprint density at radius 3 is 2.08 bits per heavy atom. The lowest BCUT2D eigenvalue weighted by atomic mass is 9.75. The second kappa shape index (κ2) is 8.15. The maximum atomic E-state index is 9.55. The molecule has 0 radical (unpaired) electrons. The van der Waals surface area contributed by atoms with Crippen molar-refractivity contribution >= 4 is 22.7 Å². The molecule has 3 aliphatic rings. The molecule has 3 fully saturated rings. The molecule has 3 saturated heterocycles. The fourth-order valence-electron chi connectivity index (χ4n) is 3.92. The molecule has 0 amide bonds. The number of rotatable bonds is 3. The first kappa shape index (κ1) is 18.1. The van der Waals surface area contributed by atoms with Crippen molar-refractivity contribution in [3.8, 4) is 0 Å². The van der Waals surface area contributed by atoms with Crippen molar-refractivity contribution in [2.45, 2.75) is 18.8 Å². The van der Waals surface area contributed by atoms with Crippen LogP contribution in [0.2, 0.25) is 0 Å². The second-order valence-corrected chi connectivity index (χ2v) is 6.86. The second-order valence-electron chi connectivity index (χ2n) is 6.86. The fraction of sp³-hybridized carbons (Fsp3) is 0.333. The van der Waals surface area contributed by atoms with Crippen molar-refractivity contribution in [3.63, 3.8) is 0 Å². The van der Waals surface area contributed by atoms with Gasteiger partial charge >= 0.3 is 11.9 Å². The van der Waals surface area contributed by atoms with Gasteiger partial charge in [0.1, 0.15) is 0 Å². The minimum Gasteiger partial charge on any atom is -0.478 e. The summed E-state index contributed by atoms with van der Waals surface area (Å²) in [7, 11) is 0. The number of nitrogens with zero attached hydrogens (tertiary/aromatic N) is 1. The number of hydrogen-bond acceptors (Lipinski definition) is 3. The van der Waals surface area contributed by atoms with Gasteiger partial charge in [0.15, 0.2) is 0 Å². The molecule has 3 heterocycles. The van der Waals surface area contributed by atoms with E-state index in [-0.39, 0.29) is 0 Å². The Balaban J connectivity index is 0.000000211. The Kier molecular flexibility index (Phi) is 5.68. The van der Waals surface area contributed by atoms with Gasteiger partial charge in [0.2, 0.25) is 0 Å². The van der Waals surface area contributed by atoms with Gasteiger partial charge in [-0.2, -0.15) is 0 Å². The molecule has 2 N–H and O–H groups in total. The first-order valence-electron chi connectivity index (χ1n) is 8.88. The van der Waals surface area contributed by atoms with Gasteiger partial charge in [-0.05, 0) is 54.1 Å². The van der Waals surface area contributed by atoms with Gasteiger partial charge in [-0.15, -0.1) is 0 Å². The van der Waals surface area contributed by atoms with E-state index in [0.717, 1.165) is 11.8 Å². The molecule has 0 spiro atoms. The zero-order valence-electron chi connectivity index (χ0n) is 14.5. The molecular formula is C21H23NO4. The van der Waals surface area contributed by atoms with Crippen LogP contribution in [0, 0.1) is 5.92 Å². The quantitative estimate of drug-likeness (QED) is 0.828. The van der Waals surface area contributed by atoms with E-state index < -0.39 is 11.9 Å². The van der Waals surface area contributed by atoms with Crippen LogP contribution in [0.15, 0.2) is 54.6 Å². The van der Waals surface area contributed by atoms with Gasteiger partial charge in [-0.25, -0.2) is 9.59 Å². The highest BCUT2D eigenvalue weighted by Gasteiger charge is 2.34. The van der Waals surface area contributed by atoms with Gasteiger partial charge in [0.25, 0.3) is 0 Å². The zero-order valence-corrected chi connectivity index (χ0v) is 14.5. The van der Waals surface area contributed by atoms with Crippen molar-refractivity contribution in [2.24, 2.45) is 5.92 Å². The van der Waals surface area contributed by atoms with Crippen LogP contribution in [0.3, 0.4) is 0 Å². The number of hydrogen-bond donors (Lipinski definition) is 2. The van der Waals surface area contributed by atoms with Gasteiger partial charge in [-0.3, -0.25) is 0 Å². The highest BCUT2D eigenvalue weighted by molar-refractivity contribution is 5.89. The number of piperidine rings is 3. The lowest BCUT2D eigenvalue weighted by Gasteiger charge is -2.45.